The molecule has 2 bridgehead atoms. The van der Waals surface area contributed by atoms with Crippen LogP contribution in [-0.2, 0) is 23.9 Å². The minimum Gasteiger partial charge on any atom is -0.465 e. The normalized spacial score (nSPS) is 32.9. The van der Waals surface area contributed by atoms with Crippen molar-refractivity contribution < 1.29 is 29.0 Å². The zero-order valence-electron chi connectivity index (χ0n) is 21.7. The first-order valence-electron chi connectivity index (χ1n) is 13.8. The molecule has 2 amide bonds. The van der Waals surface area contributed by atoms with Gasteiger partial charge < -0.3 is 24.4 Å². The molecule has 0 aromatic rings. The molecule has 37 heavy (non-hydrogen) atoms. The Morgan fingerprint density at radius 3 is 2.62 bits per heavy atom. The van der Waals surface area contributed by atoms with Crippen molar-refractivity contribution in [1.29, 1.82) is 0 Å². The number of hydrogen-bond acceptors (Lipinski definition) is 6. The molecule has 9 heteroatoms. The van der Waals surface area contributed by atoms with Crippen molar-refractivity contribution in [3.8, 4) is 0 Å². The summed E-state index contributed by atoms with van der Waals surface area (Å²) in [5, 5.41) is 9.54. The molecule has 1 saturated carbocycles. The summed E-state index contributed by atoms with van der Waals surface area (Å²) >= 11 is 3.70. The number of ether oxygens (including phenoxy) is 2. The van der Waals surface area contributed by atoms with Gasteiger partial charge in [-0.3, -0.25) is 14.4 Å². The summed E-state index contributed by atoms with van der Waals surface area (Å²) < 4.78 is 12.2. The van der Waals surface area contributed by atoms with Gasteiger partial charge in [0.05, 0.1) is 24.5 Å². The number of carbonyl (C=O) groups is 3. The predicted octanol–water partition coefficient (Wildman–Crippen LogP) is 3.36. The van der Waals surface area contributed by atoms with Gasteiger partial charge in [-0.1, -0.05) is 47.3 Å². The first-order chi connectivity index (χ1) is 17.9. The zero-order valence-corrected chi connectivity index (χ0v) is 23.3. The summed E-state index contributed by atoms with van der Waals surface area (Å²) in [6, 6.07) is -0.743. The van der Waals surface area contributed by atoms with Gasteiger partial charge in [0.2, 0.25) is 11.8 Å². The van der Waals surface area contributed by atoms with E-state index in [-0.39, 0.29) is 42.4 Å². The first kappa shape index (κ1) is 28.3. The Hall–Kier alpha value is -1.71. The molecule has 4 fully saturated rings. The second-order valence-corrected chi connectivity index (χ2v) is 12.0. The van der Waals surface area contributed by atoms with Crippen molar-refractivity contribution >= 4 is 33.7 Å². The smallest absolute Gasteiger partial charge is 0.312 e. The van der Waals surface area contributed by atoms with E-state index >= 15 is 0 Å². The summed E-state index contributed by atoms with van der Waals surface area (Å²) in [5.41, 5.74) is -1.09. The number of aliphatic hydroxyl groups is 1. The number of likely N-dealkylation sites (tertiary alicyclic amines) is 1. The molecular formula is C28H41BrN2O6. The van der Waals surface area contributed by atoms with Crippen molar-refractivity contribution in [3.63, 3.8) is 0 Å². The summed E-state index contributed by atoms with van der Waals surface area (Å²) in [7, 11) is 0. The summed E-state index contributed by atoms with van der Waals surface area (Å²) in [6.07, 6.45) is 11.5. The Balaban J connectivity index is 1.63. The molecule has 6 atom stereocenters. The number of allylic oxidation sites excluding steroid dienone is 1. The molecule has 206 valence electrons. The lowest BCUT2D eigenvalue weighted by molar-refractivity contribution is -0.155. The number of fused-ring (bicyclic) bond motifs is 1. The minimum atomic E-state index is -1.09. The van der Waals surface area contributed by atoms with E-state index in [9.17, 15) is 19.5 Å². The van der Waals surface area contributed by atoms with E-state index in [2.05, 4.69) is 29.1 Å². The van der Waals surface area contributed by atoms with Crippen molar-refractivity contribution in [1.82, 2.24) is 9.80 Å². The van der Waals surface area contributed by atoms with Crippen LogP contribution in [0.2, 0.25) is 0 Å². The van der Waals surface area contributed by atoms with E-state index in [4.69, 9.17) is 9.47 Å². The van der Waals surface area contributed by atoms with Crippen LogP contribution in [0.25, 0.3) is 0 Å². The quantitative estimate of drug-likeness (QED) is 0.155. The number of amides is 2. The SMILES string of the molecule is C=CCCCCOC(=O)[C@H]1[C@H]2C(=O)N(CCCO)C(C(=O)N(CC=C)C3CCCCC3)C23CC(Br)[C@@H]1O3. The lowest BCUT2D eigenvalue weighted by atomic mass is 9.70. The molecule has 3 unspecified atom stereocenters. The van der Waals surface area contributed by atoms with E-state index in [0.29, 0.717) is 19.4 Å². The van der Waals surface area contributed by atoms with Crippen LogP contribution in [0.1, 0.15) is 64.2 Å². The maximum absolute atomic E-state index is 14.3. The fourth-order valence-corrected chi connectivity index (χ4v) is 7.87. The molecule has 0 aromatic carbocycles. The third kappa shape index (κ3) is 5.28. The molecule has 3 aliphatic heterocycles. The fourth-order valence-electron chi connectivity index (χ4n) is 6.93. The van der Waals surface area contributed by atoms with Gasteiger partial charge in [-0.05, 0) is 44.9 Å². The monoisotopic (exact) mass is 580 g/mol. The second kappa shape index (κ2) is 12.4. The number of unbranched alkanes of at least 4 members (excludes halogenated alkanes) is 2. The lowest BCUT2D eigenvalue weighted by Gasteiger charge is -2.41. The van der Waals surface area contributed by atoms with Crippen LogP contribution < -0.4 is 0 Å². The van der Waals surface area contributed by atoms with Crippen LogP contribution in [0.15, 0.2) is 25.3 Å². The van der Waals surface area contributed by atoms with Gasteiger partial charge in [-0.25, -0.2) is 0 Å². The molecular weight excluding hydrogens is 540 g/mol. The Bertz CT molecular complexity index is 877. The molecule has 4 rings (SSSR count). The molecule has 8 nitrogen and oxygen atoms in total. The molecule has 3 heterocycles. The van der Waals surface area contributed by atoms with Gasteiger partial charge in [-0.15, -0.1) is 13.2 Å². The first-order valence-corrected chi connectivity index (χ1v) is 14.7. The van der Waals surface area contributed by atoms with Crippen LogP contribution >= 0.6 is 15.9 Å². The van der Waals surface area contributed by atoms with Crippen LogP contribution in [0.3, 0.4) is 0 Å². The number of hydrogen-bond donors (Lipinski definition) is 1. The fraction of sp³-hybridized carbons (Fsp3) is 0.750. The molecule has 1 N–H and O–H groups in total. The van der Waals surface area contributed by atoms with Crippen LogP contribution in [0.5, 0.6) is 0 Å². The van der Waals surface area contributed by atoms with Crippen molar-refractivity contribution in [2.75, 3.05) is 26.3 Å². The Morgan fingerprint density at radius 1 is 1.19 bits per heavy atom. The number of alkyl halides is 1. The topological polar surface area (TPSA) is 96.4 Å². The standard InChI is InChI=1S/C28H41BrN2O6/c1-3-5-6-10-17-36-27(35)21-22-25(33)31(15-11-16-32)24(28(22)18-20(29)23(21)37-28)26(34)30(14-4-2)19-12-8-7-9-13-19/h3-4,19-24,32H,1-2,5-18H2/t20?,21-,22-,23-,24?,28?/m0/s1. The number of esters is 1. The number of carbonyl (C=O) groups excluding carboxylic acids is 3. The van der Waals surface area contributed by atoms with Gasteiger partial charge in [0.15, 0.2) is 0 Å². The predicted molar refractivity (Wildman–Crippen MR) is 143 cm³/mol. The molecule has 1 aliphatic carbocycles. The van der Waals surface area contributed by atoms with Gasteiger partial charge in [0, 0.05) is 30.6 Å². The summed E-state index contributed by atoms with van der Waals surface area (Å²) in [5.74, 6) is -2.35. The van der Waals surface area contributed by atoms with E-state index in [1.54, 1.807) is 11.0 Å². The van der Waals surface area contributed by atoms with Gasteiger partial charge in [0.1, 0.15) is 11.6 Å². The van der Waals surface area contributed by atoms with E-state index < -0.39 is 35.6 Å². The van der Waals surface area contributed by atoms with Crippen LogP contribution in [0, 0.1) is 11.8 Å². The highest BCUT2D eigenvalue weighted by Crippen LogP contribution is 2.60. The van der Waals surface area contributed by atoms with Crippen LogP contribution in [0.4, 0.5) is 0 Å². The highest BCUT2D eigenvalue weighted by Gasteiger charge is 2.77. The van der Waals surface area contributed by atoms with Crippen molar-refractivity contribution in [3.05, 3.63) is 25.3 Å². The Kier molecular flexibility index (Phi) is 9.51. The van der Waals surface area contributed by atoms with E-state index in [0.717, 1.165) is 51.4 Å². The average molecular weight is 582 g/mol. The molecule has 0 aromatic heterocycles. The highest BCUT2D eigenvalue weighted by atomic mass is 79.9. The maximum atomic E-state index is 14.3. The maximum Gasteiger partial charge on any atom is 0.312 e. The van der Waals surface area contributed by atoms with Crippen molar-refractivity contribution in [2.24, 2.45) is 11.8 Å². The number of halogens is 1. The van der Waals surface area contributed by atoms with Crippen LogP contribution in [-0.4, -0.2) is 87.6 Å². The lowest BCUT2D eigenvalue weighted by Crippen LogP contribution is -2.58. The molecule has 3 saturated heterocycles. The van der Waals surface area contributed by atoms with Gasteiger partial charge >= 0.3 is 5.97 Å². The molecule has 1 spiro atoms. The average Bonchev–Trinajstić information content (AvgIpc) is 3.49. The van der Waals surface area contributed by atoms with Gasteiger partial charge in [0.25, 0.3) is 0 Å². The number of rotatable bonds is 13. The third-order valence-electron chi connectivity index (χ3n) is 8.52. The van der Waals surface area contributed by atoms with Crippen molar-refractivity contribution in [2.45, 2.75) is 92.8 Å². The number of aliphatic hydroxyl groups excluding tert-OH is 1. The van der Waals surface area contributed by atoms with Gasteiger partial charge in [-0.2, -0.15) is 0 Å². The Morgan fingerprint density at radius 2 is 1.95 bits per heavy atom. The Labute approximate surface area is 228 Å². The molecule has 4 aliphatic rings. The third-order valence-corrected chi connectivity index (χ3v) is 9.37. The number of nitrogens with zero attached hydrogens (tertiary/aromatic N) is 2. The largest absolute Gasteiger partial charge is 0.465 e. The summed E-state index contributed by atoms with van der Waals surface area (Å²) in [6.45, 7) is 8.42. The summed E-state index contributed by atoms with van der Waals surface area (Å²) in [4.78, 5) is 44.9. The van der Waals surface area contributed by atoms with E-state index in [1.165, 1.54) is 0 Å². The second-order valence-electron chi connectivity index (χ2n) is 10.8. The van der Waals surface area contributed by atoms with E-state index in [1.807, 2.05) is 11.0 Å². The minimum absolute atomic E-state index is 0.0952. The zero-order chi connectivity index (χ0) is 26.6. The molecule has 0 radical (unpaired) electrons. The highest BCUT2D eigenvalue weighted by molar-refractivity contribution is 9.09.